The molecule has 2 rings (SSSR count). The molecular formula is C16H24N2O. The number of nitrogens with one attached hydrogen (secondary N) is 1. The summed E-state index contributed by atoms with van der Waals surface area (Å²) in [7, 11) is 0. The van der Waals surface area contributed by atoms with Crippen LogP contribution in [0.3, 0.4) is 0 Å². The fourth-order valence-corrected chi connectivity index (χ4v) is 2.39. The SMILES string of the molecule is CC(N)CCCC(=O)NC(c1ccccc1)C1CC1. The molecule has 0 heterocycles. The average Bonchev–Trinajstić information content (AvgIpc) is 3.21. The van der Waals surface area contributed by atoms with Gasteiger partial charge in [-0.1, -0.05) is 30.3 Å². The van der Waals surface area contributed by atoms with Crippen molar-refractivity contribution in [1.82, 2.24) is 5.32 Å². The molecule has 1 aliphatic carbocycles. The summed E-state index contributed by atoms with van der Waals surface area (Å²) in [6, 6.07) is 10.7. The Kier molecular flexibility index (Phi) is 4.97. The summed E-state index contributed by atoms with van der Waals surface area (Å²) in [5.74, 6) is 0.779. The molecule has 0 aromatic heterocycles. The Bertz CT molecular complexity index is 398. The Balaban J connectivity index is 1.85. The third-order valence-electron chi connectivity index (χ3n) is 3.63. The van der Waals surface area contributed by atoms with Gasteiger partial charge in [0.05, 0.1) is 6.04 Å². The normalized spacial score (nSPS) is 17.8. The molecule has 2 atom stereocenters. The van der Waals surface area contributed by atoms with Gasteiger partial charge in [-0.25, -0.2) is 0 Å². The smallest absolute Gasteiger partial charge is 0.220 e. The summed E-state index contributed by atoms with van der Waals surface area (Å²) in [5.41, 5.74) is 6.92. The van der Waals surface area contributed by atoms with Gasteiger partial charge in [0.25, 0.3) is 0 Å². The third-order valence-corrected chi connectivity index (χ3v) is 3.63. The van der Waals surface area contributed by atoms with E-state index in [0.717, 1.165) is 12.8 Å². The number of benzene rings is 1. The second-order valence-electron chi connectivity index (χ2n) is 5.66. The minimum absolute atomic E-state index is 0.154. The molecule has 0 radical (unpaired) electrons. The zero-order chi connectivity index (χ0) is 13.7. The summed E-state index contributed by atoms with van der Waals surface area (Å²) < 4.78 is 0. The highest BCUT2D eigenvalue weighted by Crippen LogP contribution is 2.40. The molecule has 0 spiro atoms. The number of amides is 1. The molecule has 3 N–H and O–H groups in total. The van der Waals surface area contributed by atoms with Crippen molar-refractivity contribution in [1.29, 1.82) is 0 Å². The van der Waals surface area contributed by atoms with E-state index in [0.29, 0.717) is 12.3 Å². The predicted octanol–water partition coefficient (Wildman–Crippen LogP) is 2.77. The van der Waals surface area contributed by atoms with E-state index in [9.17, 15) is 4.79 Å². The second-order valence-corrected chi connectivity index (χ2v) is 5.66. The van der Waals surface area contributed by atoms with Crippen molar-refractivity contribution >= 4 is 5.91 Å². The van der Waals surface area contributed by atoms with Crippen LogP contribution in [0.4, 0.5) is 0 Å². The number of hydrogen-bond donors (Lipinski definition) is 2. The Morgan fingerprint density at radius 1 is 1.37 bits per heavy atom. The summed E-state index contributed by atoms with van der Waals surface area (Å²) in [6.45, 7) is 1.98. The predicted molar refractivity (Wildman–Crippen MR) is 77.6 cm³/mol. The summed E-state index contributed by atoms with van der Waals surface area (Å²) >= 11 is 0. The molecule has 1 amide bonds. The van der Waals surface area contributed by atoms with Crippen molar-refractivity contribution in [3.8, 4) is 0 Å². The average molecular weight is 260 g/mol. The molecule has 1 saturated carbocycles. The molecule has 1 fully saturated rings. The quantitative estimate of drug-likeness (QED) is 0.792. The van der Waals surface area contributed by atoms with Gasteiger partial charge in [0.2, 0.25) is 5.91 Å². The maximum absolute atomic E-state index is 12.0. The Labute approximate surface area is 115 Å². The summed E-state index contributed by atoms with van der Waals surface area (Å²) in [6.07, 6.45) is 4.81. The zero-order valence-corrected chi connectivity index (χ0v) is 11.6. The lowest BCUT2D eigenvalue weighted by Crippen LogP contribution is -2.30. The van der Waals surface area contributed by atoms with Crippen LogP contribution in [-0.4, -0.2) is 11.9 Å². The van der Waals surface area contributed by atoms with Gasteiger partial charge < -0.3 is 11.1 Å². The Morgan fingerprint density at radius 2 is 2.05 bits per heavy atom. The fraction of sp³-hybridized carbons (Fsp3) is 0.562. The fourth-order valence-electron chi connectivity index (χ4n) is 2.39. The standard InChI is InChI=1S/C16H24N2O/c1-12(17)6-5-9-15(19)18-16(14-10-11-14)13-7-3-2-4-8-13/h2-4,7-8,12,14,16H,5-6,9-11,17H2,1H3,(H,18,19). The van der Waals surface area contributed by atoms with Crippen LogP contribution in [0.15, 0.2) is 30.3 Å². The Hall–Kier alpha value is -1.35. The van der Waals surface area contributed by atoms with Gasteiger partial charge in [-0.3, -0.25) is 4.79 Å². The molecule has 3 heteroatoms. The zero-order valence-electron chi connectivity index (χ0n) is 11.6. The van der Waals surface area contributed by atoms with Gasteiger partial charge in [-0.15, -0.1) is 0 Å². The molecule has 0 aliphatic heterocycles. The lowest BCUT2D eigenvalue weighted by atomic mass is 10.0. The van der Waals surface area contributed by atoms with Gasteiger partial charge in [0.15, 0.2) is 0 Å². The molecule has 0 bridgehead atoms. The van der Waals surface area contributed by atoms with Crippen LogP contribution in [0.5, 0.6) is 0 Å². The third kappa shape index (κ3) is 4.67. The first kappa shape index (κ1) is 14.1. The maximum atomic E-state index is 12.0. The molecule has 3 nitrogen and oxygen atoms in total. The minimum Gasteiger partial charge on any atom is -0.349 e. The van der Waals surface area contributed by atoms with Crippen molar-refractivity contribution in [2.45, 2.75) is 51.1 Å². The van der Waals surface area contributed by atoms with Crippen molar-refractivity contribution in [3.05, 3.63) is 35.9 Å². The first-order chi connectivity index (χ1) is 9.16. The van der Waals surface area contributed by atoms with Gasteiger partial charge in [-0.2, -0.15) is 0 Å². The van der Waals surface area contributed by atoms with Crippen LogP contribution in [-0.2, 0) is 4.79 Å². The van der Waals surface area contributed by atoms with E-state index in [1.165, 1.54) is 18.4 Å². The highest BCUT2D eigenvalue weighted by molar-refractivity contribution is 5.76. The van der Waals surface area contributed by atoms with Gasteiger partial charge in [0, 0.05) is 12.5 Å². The lowest BCUT2D eigenvalue weighted by molar-refractivity contribution is -0.122. The van der Waals surface area contributed by atoms with Gasteiger partial charge in [0.1, 0.15) is 0 Å². The van der Waals surface area contributed by atoms with E-state index in [1.54, 1.807) is 0 Å². The van der Waals surface area contributed by atoms with Crippen LogP contribution in [0.2, 0.25) is 0 Å². The molecule has 1 aromatic carbocycles. The van der Waals surface area contributed by atoms with Crippen molar-refractivity contribution in [2.75, 3.05) is 0 Å². The number of rotatable bonds is 7. The summed E-state index contributed by atoms with van der Waals surface area (Å²) in [5, 5.41) is 3.19. The summed E-state index contributed by atoms with van der Waals surface area (Å²) in [4.78, 5) is 12.0. The maximum Gasteiger partial charge on any atom is 0.220 e. The molecule has 2 unspecified atom stereocenters. The molecule has 104 valence electrons. The molecule has 0 saturated heterocycles. The van der Waals surface area contributed by atoms with E-state index >= 15 is 0 Å². The first-order valence-electron chi connectivity index (χ1n) is 7.26. The minimum atomic E-state index is 0.154. The van der Waals surface area contributed by atoms with Crippen molar-refractivity contribution < 1.29 is 4.79 Å². The molecule has 19 heavy (non-hydrogen) atoms. The van der Waals surface area contributed by atoms with E-state index in [2.05, 4.69) is 17.4 Å². The first-order valence-corrected chi connectivity index (χ1v) is 7.26. The lowest BCUT2D eigenvalue weighted by Gasteiger charge is -2.19. The van der Waals surface area contributed by atoms with Crippen molar-refractivity contribution in [2.24, 2.45) is 11.7 Å². The molecular weight excluding hydrogens is 236 g/mol. The van der Waals surface area contributed by atoms with Crippen LogP contribution < -0.4 is 11.1 Å². The number of nitrogens with two attached hydrogens (primary N) is 1. The van der Waals surface area contributed by atoms with Crippen LogP contribution in [0, 0.1) is 5.92 Å². The van der Waals surface area contributed by atoms with Crippen LogP contribution in [0.1, 0.15) is 50.6 Å². The highest BCUT2D eigenvalue weighted by Gasteiger charge is 2.33. The van der Waals surface area contributed by atoms with E-state index in [1.807, 2.05) is 25.1 Å². The Morgan fingerprint density at radius 3 is 2.63 bits per heavy atom. The topological polar surface area (TPSA) is 55.1 Å². The van der Waals surface area contributed by atoms with Gasteiger partial charge in [-0.05, 0) is 44.1 Å². The number of carbonyl (C=O) groups excluding carboxylic acids is 1. The second kappa shape index (κ2) is 6.71. The van der Waals surface area contributed by atoms with Gasteiger partial charge >= 0.3 is 0 Å². The molecule has 1 aliphatic rings. The number of carbonyl (C=O) groups is 1. The number of hydrogen-bond acceptors (Lipinski definition) is 2. The van der Waals surface area contributed by atoms with E-state index in [4.69, 9.17) is 5.73 Å². The highest BCUT2D eigenvalue weighted by atomic mass is 16.1. The van der Waals surface area contributed by atoms with Crippen LogP contribution >= 0.6 is 0 Å². The van der Waals surface area contributed by atoms with E-state index < -0.39 is 0 Å². The van der Waals surface area contributed by atoms with Crippen molar-refractivity contribution in [3.63, 3.8) is 0 Å². The van der Waals surface area contributed by atoms with Crippen LogP contribution in [0.25, 0.3) is 0 Å². The monoisotopic (exact) mass is 260 g/mol. The molecule has 1 aromatic rings. The van der Waals surface area contributed by atoms with E-state index in [-0.39, 0.29) is 18.0 Å². The largest absolute Gasteiger partial charge is 0.349 e.